The second-order valence-electron chi connectivity index (χ2n) is 8.70. The Morgan fingerprint density at radius 2 is 1.70 bits per heavy atom. The topological polar surface area (TPSA) is 55.8 Å². The summed E-state index contributed by atoms with van der Waals surface area (Å²) in [5.41, 5.74) is -0.298. The lowest BCUT2D eigenvalue weighted by Gasteiger charge is -2.38. The molecule has 1 N–H and O–H groups in total. The van der Waals surface area contributed by atoms with Gasteiger partial charge in [-0.15, -0.1) is 12.3 Å². The molecule has 0 bridgehead atoms. The van der Waals surface area contributed by atoms with Gasteiger partial charge in [-0.25, -0.2) is 0 Å². The van der Waals surface area contributed by atoms with E-state index in [4.69, 9.17) is 15.6 Å². The van der Waals surface area contributed by atoms with E-state index in [-0.39, 0.29) is 17.2 Å². The van der Waals surface area contributed by atoms with Crippen LogP contribution in [0, 0.1) is 18.3 Å². The van der Waals surface area contributed by atoms with Crippen LogP contribution < -0.4 is 0 Å². The van der Waals surface area contributed by atoms with E-state index in [1.165, 1.54) is 7.11 Å². The molecule has 4 nitrogen and oxygen atoms in total. The highest BCUT2D eigenvalue weighted by molar-refractivity contribution is 6.78. The maximum Gasteiger partial charge on any atom is 0.312 e. The molecule has 0 amide bonds. The standard InChI is InChI=1S/C17H34O4Si2/c1-11-14(22(6,7)8)15(16(19)20-5)13(18)12-21-23(9,10)17(2,3)4/h1,13-15,18H,12H2,2-10H3/t13-,14?,15+/m0/s1. The fourth-order valence-electron chi connectivity index (χ4n) is 2.16. The summed E-state index contributed by atoms with van der Waals surface area (Å²) >= 11 is 0. The van der Waals surface area contributed by atoms with Crippen LogP contribution in [0.15, 0.2) is 0 Å². The molecular formula is C17H34O4Si2. The van der Waals surface area contributed by atoms with E-state index in [0.29, 0.717) is 0 Å². The SMILES string of the molecule is C#CC([C@H](C(=O)OC)[C@@H](O)CO[Si](C)(C)C(C)(C)C)[Si](C)(C)C. The summed E-state index contributed by atoms with van der Waals surface area (Å²) in [4.78, 5) is 12.2. The molecule has 0 aliphatic carbocycles. The lowest BCUT2D eigenvalue weighted by molar-refractivity contribution is -0.150. The Morgan fingerprint density at radius 3 is 2.00 bits per heavy atom. The summed E-state index contributed by atoms with van der Waals surface area (Å²) in [6, 6.07) is 0. The molecule has 1 unspecified atom stereocenters. The van der Waals surface area contributed by atoms with Gasteiger partial charge in [0.05, 0.1) is 33.8 Å². The van der Waals surface area contributed by atoms with Crippen molar-refractivity contribution in [2.24, 2.45) is 5.92 Å². The maximum absolute atomic E-state index is 12.2. The van der Waals surface area contributed by atoms with Gasteiger partial charge in [-0.3, -0.25) is 4.79 Å². The molecule has 0 saturated heterocycles. The quantitative estimate of drug-likeness (QED) is 0.430. The van der Waals surface area contributed by atoms with Crippen molar-refractivity contribution in [3.8, 4) is 12.3 Å². The first kappa shape index (κ1) is 22.4. The van der Waals surface area contributed by atoms with Gasteiger partial charge in [0.2, 0.25) is 0 Å². The monoisotopic (exact) mass is 358 g/mol. The number of terminal acetylenes is 1. The molecular weight excluding hydrogens is 324 g/mol. The largest absolute Gasteiger partial charge is 0.469 e. The molecule has 0 aliphatic rings. The van der Waals surface area contributed by atoms with Crippen molar-refractivity contribution >= 4 is 22.4 Å². The van der Waals surface area contributed by atoms with E-state index in [0.717, 1.165) is 0 Å². The van der Waals surface area contributed by atoms with E-state index in [9.17, 15) is 9.90 Å². The number of esters is 1. The second kappa shape index (κ2) is 7.97. The fourth-order valence-corrected chi connectivity index (χ4v) is 5.11. The first-order valence-corrected chi connectivity index (χ1v) is 14.5. The second-order valence-corrected chi connectivity index (χ2v) is 18.9. The van der Waals surface area contributed by atoms with Gasteiger partial charge < -0.3 is 14.3 Å². The zero-order valence-corrected chi connectivity index (χ0v) is 18.2. The molecule has 6 heteroatoms. The van der Waals surface area contributed by atoms with Gasteiger partial charge in [-0.05, 0) is 18.1 Å². The summed E-state index contributed by atoms with van der Waals surface area (Å²) in [7, 11) is -2.52. The summed E-state index contributed by atoms with van der Waals surface area (Å²) in [5, 5.41) is 10.7. The predicted molar refractivity (Wildman–Crippen MR) is 101 cm³/mol. The molecule has 0 aromatic heterocycles. The number of aliphatic hydroxyl groups excluding tert-OH is 1. The van der Waals surface area contributed by atoms with Gasteiger partial charge in [0, 0.05) is 5.54 Å². The minimum absolute atomic E-state index is 0.0395. The summed E-state index contributed by atoms with van der Waals surface area (Å²) in [5.74, 6) is 1.53. The number of aliphatic hydroxyl groups is 1. The Hall–Kier alpha value is -0.616. The van der Waals surface area contributed by atoms with Crippen molar-refractivity contribution in [2.45, 2.75) is 70.2 Å². The van der Waals surface area contributed by atoms with Crippen LogP contribution in [0.4, 0.5) is 0 Å². The van der Waals surface area contributed by atoms with Crippen LogP contribution in [0.2, 0.25) is 43.3 Å². The summed E-state index contributed by atoms with van der Waals surface area (Å²) in [6.07, 6.45) is 4.72. The predicted octanol–water partition coefficient (Wildman–Crippen LogP) is 3.50. The van der Waals surface area contributed by atoms with Crippen molar-refractivity contribution < 1.29 is 19.1 Å². The third kappa shape index (κ3) is 6.07. The molecule has 23 heavy (non-hydrogen) atoms. The average molecular weight is 359 g/mol. The van der Waals surface area contributed by atoms with Crippen molar-refractivity contribution in [1.29, 1.82) is 0 Å². The lowest BCUT2D eigenvalue weighted by atomic mass is 9.99. The first-order valence-electron chi connectivity index (χ1n) is 8.05. The Morgan fingerprint density at radius 1 is 1.22 bits per heavy atom. The Labute approximate surface area is 144 Å². The van der Waals surface area contributed by atoms with Gasteiger partial charge >= 0.3 is 5.97 Å². The maximum atomic E-state index is 12.2. The number of carbonyl (C=O) groups excluding carboxylic acids is 1. The molecule has 0 aromatic rings. The van der Waals surface area contributed by atoms with Crippen LogP contribution in [-0.4, -0.2) is 47.3 Å². The highest BCUT2D eigenvalue weighted by Crippen LogP contribution is 2.38. The highest BCUT2D eigenvalue weighted by Gasteiger charge is 2.43. The molecule has 0 heterocycles. The summed E-state index contributed by atoms with van der Waals surface area (Å²) in [6.45, 7) is 17.0. The number of ether oxygens (including phenoxy) is 1. The molecule has 134 valence electrons. The summed E-state index contributed by atoms with van der Waals surface area (Å²) < 4.78 is 11.0. The molecule has 0 fully saturated rings. The van der Waals surface area contributed by atoms with Crippen molar-refractivity contribution in [2.75, 3.05) is 13.7 Å². The van der Waals surface area contributed by atoms with Gasteiger partial charge in [-0.1, -0.05) is 40.4 Å². The van der Waals surface area contributed by atoms with E-state index in [1.807, 2.05) is 0 Å². The third-order valence-corrected chi connectivity index (χ3v) is 11.7. The van der Waals surface area contributed by atoms with E-state index < -0.39 is 34.4 Å². The van der Waals surface area contributed by atoms with Gasteiger partial charge in [0.25, 0.3) is 0 Å². The lowest BCUT2D eigenvalue weighted by Crippen LogP contribution is -2.47. The van der Waals surface area contributed by atoms with Gasteiger partial charge in [0.1, 0.15) is 0 Å². The normalized spacial score (nSPS) is 17.1. The van der Waals surface area contributed by atoms with Crippen LogP contribution >= 0.6 is 0 Å². The van der Waals surface area contributed by atoms with E-state index in [2.05, 4.69) is 59.4 Å². The van der Waals surface area contributed by atoms with E-state index >= 15 is 0 Å². The Kier molecular flexibility index (Phi) is 7.76. The molecule has 0 spiro atoms. The van der Waals surface area contributed by atoms with Crippen LogP contribution in [0.3, 0.4) is 0 Å². The van der Waals surface area contributed by atoms with E-state index in [1.54, 1.807) is 0 Å². The molecule has 0 aliphatic heterocycles. The molecule has 3 atom stereocenters. The third-order valence-electron chi connectivity index (χ3n) is 4.78. The highest BCUT2D eigenvalue weighted by atomic mass is 28.4. The zero-order valence-electron chi connectivity index (χ0n) is 16.2. The van der Waals surface area contributed by atoms with Gasteiger partial charge in [-0.2, -0.15) is 0 Å². The molecule has 0 rings (SSSR count). The first-order chi connectivity index (χ1) is 10.2. The van der Waals surface area contributed by atoms with Crippen molar-refractivity contribution in [1.82, 2.24) is 0 Å². The smallest absolute Gasteiger partial charge is 0.312 e. The average Bonchev–Trinajstić information content (AvgIpc) is 2.38. The molecule has 0 radical (unpaired) electrons. The minimum atomic E-state index is -2.00. The van der Waals surface area contributed by atoms with Crippen LogP contribution in [0.1, 0.15) is 20.8 Å². The number of methoxy groups -OCH3 is 1. The van der Waals surface area contributed by atoms with Crippen molar-refractivity contribution in [3.63, 3.8) is 0 Å². The number of hydrogen-bond donors (Lipinski definition) is 1. The Balaban J connectivity index is 5.31. The minimum Gasteiger partial charge on any atom is -0.469 e. The zero-order chi connectivity index (χ0) is 18.6. The molecule has 0 saturated carbocycles. The fraction of sp³-hybridized carbons (Fsp3) is 0.824. The van der Waals surface area contributed by atoms with Crippen LogP contribution in [0.25, 0.3) is 0 Å². The number of carbonyl (C=O) groups is 1. The molecule has 0 aromatic carbocycles. The van der Waals surface area contributed by atoms with Crippen molar-refractivity contribution in [3.05, 3.63) is 0 Å². The van der Waals surface area contributed by atoms with Crippen LogP contribution in [0.5, 0.6) is 0 Å². The Bertz CT molecular complexity index is 441. The van der Waals surface area contributed by atoms with Crippen LogP contribution in [-0.2, 0) is 14.0 Å². The number of hydrogen-bond acceptors (Lipinski definition) is 4. The van der Waals surface area contributed by atoms with Gasteiger partial charge in [0.15, 0.2) is 8.32 Å². The number of rotatable bonds is 7.